The second kappa shape index (κ2) is 7.24. The average molecular weight is 308 g/mol. The molecule has 0 fully saturated rings. The summed E-state index contributed by atoms with van der Waals surface area (Å²) in [6.07, 6.45) is 0.774. The number of aryl methyl sites for hydroxylation is 1. The topological polar surface area (TPSA) is 56.1 Å². The van der Waals surface area contributed by atoms with E-state index >= 15 is 0 Å². The van der Waals surface area contributed by atoms with Crippen LogP contribution in [-0.4, -0.2) is 35.9 Å². The van der Waals surface area contributed by atoms with Crippen LogP contribution in [0.25, 0.3) is 5.69 Å². The Kier molecular flexibility index (Phi) is 5.36. The molecule has 0 radical (unpaired) electrons. The molecule has 0 spiro atoms. The second-order valence-electron chi connectivity index (χ2n) is 4.66. The van der Waals surface area contributed by atoms with Crippen molar-refractivity contribution < 1.29 is 9.53 Å². The summed E-state index contributed by atoms with van der Waals surface area (Å²) in [4.78, 5) is 12.0. The highest BCUT2D eigenvalue weighted by Gasteiger charge is 2.12. The van der Waals surface area contributed by atoms with Crippen molar-refractivity contribution in [1.82, 2.24) is 15.1 Å². The molecule has 1 amide bonds. The normalized spacial score (nSPS) is 10.6. The van der Waals surface area contributed by atoms with Crippen LogP contribution in [0.15, 0.2) is 30.3 Å². The van der Waals surface area contributed by atoms with Gasteiger partial charge in [0, 0.05) is 31.0 Å². The van der Waals surface area contributed by atoms with E-state index in [1.165, 1.54) is 0 Å². The number of hydrogen-bond donors (Lipinski definition) is 1. The number of benzene rings is 1. The van der Waals surface area contributed by atoms with E-state index in [9.17, 15) is 4.79 Å². The molecular formula is C15H18ClN3O2. The number of rotatable bonds is 6. The summed E-state index contributed by atoms with van der Waals surface area (Å²) >= 11 is 5.98. The van der Waals surface area contributed by atoms with Gasteiger partial charge in [-0.05, 0) is 37.6 Å². The van der Waals surface area contributed by atoms with E-state index in [1.807, 2.05) is 25.1 Å². The van der Waals surface area contributed by atoms with E-state index in [0.717, 1.165) is 17.8 Å². The molecule has 0 atom stereocenters. The number of nitrogens with zero attached hydrogens (tertiary/aromatic N) is 2. The minimum absolute atomic E-state index is 0.185. The Labute approximate surface area is 128 Å². The average Bonchev–Trinajstić information content (AvgIpc) is 2.85. The molecule has 2 rings (SSSR count). The lowest BCUT2D eigenvalue weighted by Crippen LogP contribution is -2.25. The lowest BCUT2D eigenvalue weighted by molar-refractivity contribution is 0.0943. The van der Waals surface area contributed by atoms with Crippen molar-refractivity contribution in [1.29, 1.82) is 0 Å². The van der Waals surface area contributed by atoms with Crippen molar-refractivity contribution in [2.75, 3.05) is 20.3 Å². The van der Waals surface area contributed by atoms with E-state index in [-0.39, 0.29) is 5.91 Å². The first-order valence-electron chi connectivity index (χ1n) is 6.71. The van der Waals surface area contributed by atoms with E-state index in [4.69, 9.17) is 16.3 Å². The molecule has 1 heterocycles. The van der Waals surface area contributed by atoms with Gasteiger partial charge in [-0.25, -0.2) is 4.68 Å². The third-order valence-corrected chi connectivity index (χ3v) is 3.22. The molecule has 0 aliphatic heterocycles. The van der Waals surface area contributed by atoms with E-state index in [1.54, 1.807) is 23.9 Å². The number of aromatic nitrogens is 2. The van der Waals surface area contributed by atoms with Crippen LogP contribution in [-0.2, 0) is 4.74 Å². The quantitative estimate of drug-likeness (QED) is 0.835. The minimum atomic E-state index is -0.185. The van der Waals surface area contributed by atoms with Crippen LogP contribution in [0.5, 0.6) is 0 Å². The third kappa shape index (κ3) is 4.06. The predicted octanol–water partition coefficient (Wildman–Crippen LogP) is 2.60. The summed E-state index contributed by atoms with van der Waals surface area (Å²) in [5, 5.41) is 7.78. The molecule has 0 bridgehead atoms. The fraction of sp³-hybridized carbons (Fsp3) is 0.333. The first-order chi connectivity index (χ1) is 10.1. The van der Waals surface area contributed by atoms with Crippen LogP contribution in [0.3, 0.4) is 0 Å². The van der Waals surface area contributed by atoms with Gasteiger partial charge in [0.15, 0.2) is 5.69 Å². The Morgan fingerprint density at radius 1 is 1.43 bits per heavy atom. The summed E-state index contributed by atoms with van der Waals surface area (Å²) < 4.78 is 6.64. The van der Waals surface area contributed by atoms with E-state index in [0.29, 0.717) is 23.9 Å². The maximum atomic E-state index is 12.0. The van der Waals surface area contributed by atoms with Crippen molar-refractivity contribution >= 4 is 17.5 Å². The summed E-state index contributed by atoms with van der Waals surface area (Å²) in [5.74, 6) is -0.185. The highest BCUT2D eigenvalue weighted by atomic mass is 35.5. The number of hydrogen-bond acceptors (Lipinski definition) is 3. The number of nitrogens with one attached hydrogen (secondary N) is 1. The maximum Gasteiger partial charge on any atom is 0.271 e. The van der Waals surface area contributed by atoms with Gasteiger partial charge in [0.1, 0.15) is 0 Å². The summed E-state index contributed by atoms with van der Waals surface area (Å²) in [6.45, 7) is 3.08. The predicted molar refractivity (Wildman–Crippen MR) is 82.1 cm³/mol. The van der Waals surface area contributed by atoms with Gasteiger partial charge in [-0.1, -0.05) is 17.7 Å². The van der Waals surface area contributed by atoms with Gasteiger partial charge in [-0.2, -0.15) is 5.10 Å². The van der Waals surface area contributed by atoms with Crippen LogP contribution in [0.2, 0.25) is 5.02 Å². The Hall–Kier alpha value is -1.85. The van der Waals surface area contributed by atoms with Crippen molar-refractivity contribution in [2.45, 2.75) is 13.3 Å². The summed E-state index contributed by atoms with van der Waals surface area (Å²) in [5.41, 5.74) is 2.10. The monoisotopic (exact) mass is 307 g/mol. The fourth-order valence-corrected chi connectivity index (χ4v) is 2.15. The molecule has 0 saturated carbocycles. The van der Waals surface area contributed by atoms with Gasteiger partial charge >= 0.3 is 0 Å². The molecule has 2 aromatic rings. The van der Waals surface area contributed by atoms with Crippen LogP contribution in [0, 0.1) is 6.92 Å². The molecule has 21 heavy (non-hydrogen) atoms. The van der Waals surface area contributed by atoms with Crippen molar-refractivity contribution in [2.24, 2.45) is 0 Å². The molecule has 0 unspecified atom stereocenters. The number of amides is 1. The molecule has 5 nitrogen and oxygen atoms in total. The van der Waals surface area contributed by atoms with Crippen LogP contribution >= 0.6 is 11.6 Å². The zero-order valence-electron chi connectivity index (χ0n) is 12.1. The fourth-order valence-electron chi connectivity index (χ4n) is 1.96. The minimum Gasteiger partial charge on any atom is -0.385 e. The van der Waals surface area contributed by atoms with E-state index < -0.39 is 0 Å². The molecule has 0 saturated heterocycles. The lowest BCUT2D eigenvalue weighted by Gasteiger charge is -2.04. The van der Waals surface area contributed by atoms with Crippen molar-refractivity contribution in [3.8, 4) is 5.69 Å². The number of halogens is 1. The van der Waals surface area contributed by atoms with Gasteiger partial charge in [-0.3, -0.25) is 4.79 Å². The number of methoxy groups -OCH3 is 1. The van der Waals surface area contributed by atoms with Gasteiger partial charge < -0.3 is 10.1 Å². The Balaban J connectivity index is 2.10. The standard InChI is InChI=1S/C15H18ClN3O2/c1-11-9-14(15(20)17-7-4-8-21-2)18-19(11)13-6-3-5-12(16)10-13/h3,5-6,9-10H,4,7-8H2,1-2H3,(H,17,20). The SMILES string of the molecule is COCCCNC(=O)c1cc(C)n(-c2cccc(Cl)c2)n1. The molecule has 1 N–H and O–H groups in total. The van der Waals surface area contributed by atoms with Gasteiger partial charge in [0.2, 0.25) is 0 Å². The second-order valence-corrected chi connectivity index (χ2v) is 5.10. The van der Waals surface area contributed by atoms with E-state index in [2.05, 4.69) is 10.4 Å². The Bertz CT molecular complexity index is 625. The molecule has 112 valence electrons. The molecule has 0 aliphatic rings. The van der Waals surface area contributed by atoms with Crippen molar-refractivity contribution in [3.63, 3.8) is 0 Å². The van der Waals surface area contributed by atoms with Crippen LogP contribution in [0.4, 0.5) is 0 Å². The number of carbonyl (C=O) groups is 1. The number of carbonyl (C=O) groups excluding carboxylic acids is 1. The number of ether oxygens (including phenoxy) is 1. The summed E-state index contributed by atoms with van der Waals surface area (Å²) in [7, 11) is 1.64. The zero-order valence-corrected chi connectivity index (χ0v) is 12.9. The molecule has 0 aliphatic carbocycles. The summed E-state index contributed by atoms with van der Waals surface area (Å²) in [6, 6.07) is 9.11. The first-order valence-corrected chi connectivity index (χ1v) is 7.09. The van der Waals surface area contributed by atoms with Crippen molar-refractivity contribution in [3.05, 3.63) is 46.7 Å². The van der Waals surface area contributed by atoms with Gasteiger partial charge in [-0.15, -0.1) is 0 Å². The lowest BCUT2D eigenvalue weighted by atomic mass is 10.3. The first kappa shape index (κ1) is 15.5. The Morgan fingerprint density at radius 2 is 2.24 bits per heavy atom. The largest absolute Gasteiger partial charge is 0.385 e. The molecule has 1 aromatic carbocycles. The molecular weight excluding hydrogens is 290 g/mol. The zero-order chi connectivity index (χ0) is 15.2. The van der Waals surface area contributed by atoms with Gasteiger partial charge in [0.05, 0.1) is 5.69 Å². The Morgan fingerprint density at radius 3 is 2.95 bits per heavy atom. The third-order valence-electron chi connectivity index (χ3n) is 2.98. The maximum absolute atomic E-state index is 12.0. The van der Waals surface area contributed by atoms with Gasteiger partial charge in [0.25, 0.3) is 5.91 Å². The molecule has 1 aromatic heterocycles. The highest BCUT2D eigenvalue weighted by Crippen LogP contribution is 2.16. The molecule has 6 heteroatoms. The van der Waals surface area contributed by atoms with Crippen LogP contribution < -0.4 is 5.32 Å². The highest BCUT2D eigenvalue weighted by molar-refractivity contribution is 6.30. The van der Waals surface area contributed by atoms with Crippen LogP contribution in [0.1, 0.15) is 22.6 Å². The smallest absolute Gasteiger partial charge is 0.271 e.